The minimum absolute atomic E-state index is 0.313. The molecule has 0 aromatic carbocycles. The van der Waals surface area contributed by atoms with Gasteiger partial charge in [0.2, 0.25) is 0 Å². The molecule has 5 heteroatoms. The molecule has 106 valence electrons. The molecule has 1 fully saturated rings. The molecule has 1 aliphatic rings. The van der Waals surface area contributed by atoms with Crippen molar-refractivity contribution in [2.45, 2.75) is 69.4 Å². The zero-order valence-corrected chi connectivity index (χ0v) is 16.2. The molecule has 0 spiro atoms. The van der Waals surface area contributed by atoms with Crippen molar-refractivity contribution < 1.29 is 9.16 Å². The summed E-state index contributed by atoms with van der Waals surface area (Å²) in [5.74, 6) is 0. The third-order valence-electron chi connectivity index (χ3n) is 4.38. The van der Waals surface area contributed by atoms with Crippen LogP contribution in [0.25, 0.3) is 0 Å². The molecular formula is C13H30O2Si3. The Morgan fingerprint density at radius 2 is 1.78 bits per heavy atom. The van der Waals surface area contributed by atoms with Crippen molar-refractivity contribution in [2.75, 3.05) is 13.2 Å². The molecule has 18 heavy (non-hydrogen) atoms. The fraction of sp³-hybridized carbons (Fsp3) is 1.00. The topological polar surface area (TPSA) is 18.5 Å². The fourth-order valence-corrected chi connectivity index (χ4v) is 20.9. The molecule has 0 aromatic heterocycles. The normalized spacial score (nSPS) is 26.2. The van der Waals surface area contributed by atoms with Crippen molar-refractivity contribution in [3.8, 4) is 0 Å². The molecule has 0 bridgehead atoms. The SMILES string of the molecule is CCCOCC1CC([Si](C)C)([Si](C)C)[Si](C)(C)O1. The van der Waals surface area contributed by atoms with Crippen LogP contribution in [0.4, 0.5) is 0 Å². The van der Waals surface area contributed by atoms with Gasteiger partial charge in [0.15, 0.2) is 8.32 Å². The maximum absolute atomic E-state index is 6.50. The number of hydrogen-bond donors (Lipinski definition) is 0. The summed E-state index contributed by atoms with van der Waals surface area (Å²) in [6.07, 6.45) is 2.75. The van der Waals surface area contributed by atoms with Crippen LogP contribution in [0, 0.1) is 0 Å². The summed E-state index contributed by atoms with van der Waals surface area (Å²) < 4.78 is 12.8. The molecule has 2 nitrogen and oxygen atoms in total. The van der Waals surface area contributed by atoms with Gasteiger partial charge in [-0.2, -0.15) is 0 Å². The fourth-order valence-electron chi connectivity index (χ4n) is 3.71. The van der Waals surface area contributed by atoms with E-state index in [1.54, 1.807) is 0 Å². The quantitative estimate of drug-likeness (QED) is 0.550. The first-order valence-electron chi connectivity index (χ1n) is 7.14. The zero-order chi connectivity index (χ0) is 14.0. The summed E-state index contributed by atoms with van der Waals surface area (Å²) in [5.41, 5.74) is 0. The summed E-state index contributed by atoms with van der Waals surface area (Å²) in [5, 5.41) is 0. The Morgan fingerprint density at radius 1 is 1.22 bits per heavy atom. The second kappa shape index (κ2) is 6.35. The molecule has 1 aliphatic heterocycles. The van der Waals surface area contributed by atoms with E-state index in [0.29, 0.717) is 10.4 Å². The van der Waals surface area contributed by atoms with Gasteiger partial charge in [0.25, 0.3) is 0 Å². The molecule has 0 N–H and O–H groups in total. The van der Waals surface area contributed by atoms with Crippen LogP contribution in [0.2, 0.25) is 43.6 Å². The van der Waals surface area contributed by atoms with Crippen LogP contribution < -0.4 is 0 Å². The minimum Gasteiger partial charge on any atom is -0.412 e. The molecule has 0 aromatic rings. The lowest BCUT2D eigenvalue weighted by molar-refractivity contribution is 0.0565. The molecule has 2 radical (unpaired) electrons. The zero-order valence-electron chi connectivity index (χ0n) is 13.2. The van der Waals surface area contributed by atoms with Gasteiger partial charge in [0.1, 0.15) is 0 Å². The molecular weight excluding hydrogens is 272 g/mol. The first-order valence-corrected chi connectivity index (χ1v) is 15.1. The lowest BCUT2D eigenvalue weighted by Crippen LogP contribution is -2.53. The lowest BCUT2D eigenvalue weighted by atomic mass is 10.3. The Balaban J connectivity index is 2.79. The third kappa shape index (κ3) is 3.00. The Morgan fingerprint density at radius 3 is 2.17 bits per heavy atom. The molecule has 1 unspecified atom stereocenters. The Hall–Kier alpha value is 0.571. The summed E-state index contributed by atoms with van der Waals surface area (Å²) >= 11 is 0. The molecule has 0 amide bonds. The van der Waals surface area contributed by atoms with Crippen molar-refractivity contribution in [1.82, 2.24) is 0 Å². The number of ether oxygens (including phenoxy) is 1. The van der Waals surface area contributed by atoms with E-state index in [0.717, 1.165) is 19.6 Å². The van der Waals surface area contributed by atoms with E-state index in [-0.39, 0.29) is 17.6 Å². The van der Waals surface area contributed by atoms with Crippen molar-refractivity contribution in [3.05, 3.63) is 0 Å². The van der Waals surface area contributed by atoms with Crippen LogP contribution in [0.5, 0.6) is 0 Å². The summed E-state index contributed by atoms with van der Waals surface area (Å²) in [7, 11) is -2.19. The van der Waals surface area contributed by atoms with Crippen LogP contribution in [-0.4, -0.2) is 45.2 Å². The van der Waals surface area contributed by atoms with Crippen LogP contribution in [0.15, 0.2) is 0 Å². The van der Waals surface area contributed by atoms with Crippen molar-refractivity contribution >= 4 is 25.9 Å². The standard InChI is InChI=1S/C13H30O2Si3/c1-8-9-14-11-12-10-13(16(2)3,17(4)5)18(6,7)15-12/h12H,8-11H2,1-7H3. The number of hydrogen-bond acceptors (Lipinski definition) is 2. The molecule has 1 atom stereocenters. The highest BCUT2D eigenvalue weighted by atomic mass is 28.4. The van der Waals surface area contributed by atoms with Crippen molar-refractivity contribution in [3.63, 3.8) is 0 Å². The predicted molar refractivity (Wildman–Crippen MR) is 85.7 cm³/mol. The van der Waals surface area contributed by atoms with Crippen molar-refractivity contribution in [2.24, 2.45) is 0 Å². The molecule has 1 saturated heterocycles. The van der Waals surface area contributed by atoms with Crippen LogP contribution in [-0.2, 0) is 9.16 Å². The van der Waals surface area contributed by atoms with Gasteiger partial charge in [-0.25, -0.2) is 0 Å². The highest BCUT2D eigenvalue weighted by molar-refractivity contribution is 7.03. The maximum atomic E-state index is 6.50. The minimum atomic E-state index is -1.56. The Bertz CT molecular complexity index is 259. The largest absolute Gasteiger partial charge is 0.412 e. The van der Waals surface area contributed by atoms with Gasteiger partial charge in [-0.1, -0.05) is 33.1 Å². The average Bonchev–Trinajstić information content (AvgIpc) is 2.50. The van der Waals surface area contributed by atoms with Gasteiger partial charge in [-0.05, 0) is 30.2 Å². The monoisotopic (exact) mass is 302 g/mol. The van der Waals surface area contributed by atoms with Gasteiger partial charge in [0.05, 0.1) is 12.7 Å². The van der Waals surface area contributed by atoms with Gasteiger partial charge in [0, 0.05) is 24.2 Å². The van der Waals surface area contributed by atoms with Gasteiger partial charge in [-0.15, -0.1) is 0 Å². The highest BCUT2D eigenvalue weighted by Crippen LogP contribution is 2.53. The molecule has 0 aliphatic carbocycles. The summed E-state index contributed by atoms with van der Waals surface area (Å²) in [6.45, 7) is 18.7. The average molecular weight is 303 g/mol. The third-order valence-corrected chi connectivity index (χ3v) is 21.0. The van der Waals surface area contributed by atoms with Gasteiger partial charge < -0.3 is 9.16 Å². The van der Waals surface area contributed by atoms with Crippen LogP contribution >= 0.6 is 0 Å². The first-order chi connectivity index (χ1) is 8.28. The Labute approximate surface area is 118 Å². The van der Waals surface area contributed by atoms with E-state index in [1.807, 2.05) is 0 Å². The lowest BCUT2D eigenvalue weighted by Gasteiger charge is -2.43. The van der Waals surface area contributed by atoms with E-state index in [1.165, 1.54) is 6.42 Å². The van der Waals surface area contributed by atoms with E-state index in [2.05, 4.69) is 46.2 Å². The molecule has 0 saturated carbocycles. The van der Waals surface area contributed by atoms with Gasteiger partial charge in [-0.3, -0.25) is 0 Å². The van der Waals surface area contributed by atoms with Crippen LogP contribution in [0.1, 0.15) is 19.8 Å². The van der Waals surface area contributed by atoms with Gasteiger partial charge >= 0.3 is 0 Å². The molecule has 1 heterocycles. The highest BCUT2D eigenvalue weighted by Gasteiger charge is 2.59. The smallest absolute Gasteiger partial charge is 0.187 e. The van der Waals surface area contributed by atoms with E-state index < -0.39 is 8.32 Å². The van der Waals surface area contributed by atoms with E-state index >= 15 is 0 Å². The van der Waals surface area contributed by atoms with Crippen LogP contribution in [0.3, 0.4) is 0 Å². The second-order valence-corrected chi connectivity index (χ2v) is 17.8. The predicted octanol–water partition coefficient (Wildman–Crippen LogP) is 3.73. The summed E-state index contributed by atoms with van der Waals surface area (Å²) in [4.78, 5) is 0. The summed E-state index contributed by atoms with van der Waals surface area (Å²) in [6, 6.07) is 0. The first kappa shape index (κ1) is 16.6. The maximum Gasteiger partial charge on any atom is 0.187 e. The second-order valence-electron chi connectivity index (χ2n) is 6.43. The molecule has 1 rings (SSSR count). The van der Waals surface area contributed by atoms with E-state index in [4.69, 9.17) is 9.16 Å². The van der Waals surface area contributed by atoms with Crippen molar-refractivity contribution in [1.29, 1.82) is 0 Å². The Kier molecular flexibility index (Phi) is 5.86. The number of rotatable bonds is 6. The van der Waals surface area contributed by atoms with E-state index in [9.17, 15) is 0 Å².